The highest BCUT2D eigenvalue weighted by atomic mass is 19.1. The summed E-state index contributed by atoms with van der Waals surface area (Å²) < 4.78 is 27.1. The van der Waals surface area contributed by atoms with Crippen molar-refractivity contribution in [2.24, 2.45) is 5.92 Å². The minimum Gasteiger partial charge on any atom is -0.338 e. The van der Waals surface area contributed by atoms with E-state index < -0.39 is 41.4 Å². The maximum atomic E-state index is 14.0. The van der Waals surface area contributed by atoms with Gasteiger partial charge in [0.05, 0.1) is 18.2 Å². The summed E-state index contributed by atoms with van der Waals surface area (Å²) in [5, 5.41) is 2.21. The minimum absolute atomic E-state index is 0.0176. The molecule has 0 aliphatic carbocycles. The molecule has 1 aromatic carbocycles. The van der Waals surface area contributed by atoms with Crippen molar-refractivity contribution in [3.05, 3.63) is 29.8 Å². The monoisotopic (exact) mass is 378 g/mol. The van der Waals surface area contributed by atoms with Crippen LogP contribution in [0.25, 0.3) is 0 Å². The summed E-state index contributed by atoms with van der Waals surface area (Å²) in [6, 6.07) is 1.72. The van der Waals surface area contributed by atoms with E-state index in [-0.39, 0.29) is 44.2 Å². The maximum Gasteiger partial charge on any atom is 0.324 e. The number of halogens is 2. The van der Waals surface area contributed by atoms with Gasteiger partial charge in [-0.1, -0.05) is 0 Å². The number of amides is 5. The van der Waals surface area contributed by atoms with Gasteiger partial charge in [-0.15, -0.1) is 0 Å². The topological polar surface area (TPSA) is 90.0 Å². The average molecular weight is 378 g/mol. The zero-order valence-electron chi connectivity index (χ0n) is 14.2. The quantitative estimate of drug-likeness (QED) is 0.738. The van der Waals surface area contributed by atoms with Gasteiger partial charge in [-0.25, -0.2) is 13.6 Å². The number of anilines is 1. The van der Waals surface area contributed by atoms with E-state index in [0.29, 0.717) is 6.07 Å². The van der Waals surface area contributed by atoms with Gasteiger partial charge in [-0.2, -0.15) is 0 Å². The molecule has 3 aliphatic rings. The van der Waals surface area contributed by atoms with Gasteiger partial charge < -0.3 is 14.7 Å². The second kappa shape index (κ2) is 6.29. The average Bonchev–Trinajstić information content (AvgIpc) is 3.14. The molecule has 27 heavy (non-hydrogen) atoms. The first-order valence-electron chi connectivity index (χ1n) is 8.51. The number of carbonyl (C=O) groups excluding carboxylic acids is 4. The zero-order valence-corrected chi connectivity index (χ0v) is 14.2. The zero-order chi connectivity index (χ0) is 19.3. The number of piperazine rings is 1. The van der Waals surface area contributed by atoms with Gasteiger partial charge >= 0.3 is 6.03 Å². The Hall–Kier alpha value is -3.04. The van der Waals surface area contributed by atoms with E-state index in [1.165, 1.54) is 15.9 Å². The number of carbonyl (C=O) groups is 4. The molecule has 2 unspecified atom stereocenters. The van der Waals surface area contributed by atoms with Gasteiger partial charge in [0, 0.05) is 32.1 Å². The van der Waals surface area contributed by atoms with Crippen molar-refractivity contribution in [3.63, 3.8) is 0 Å². The predicted molar refractivity (Wildman–Crippen MR) is 87.4 cm³/mol. The molecule has 142 valence electrons. The third kappa shape index (κ3) is 2.90. The van der Waals surface area contributed by atoms with E-state index in [2.05, 4.69) is 5.32 Å². The van der Waals surface area contributed by atoms with Gasteiger partial charge in [0.25, 0.3) is 5.91 Å². The number of nitrogens with one attached hydrogen (secondary N) is 1. The molecule has 0 spiro atoms. The Morgan fingerprint density at radius 2 is 1.89 bits per heavy atom. The lowest BCUT2D eigenvalue weighted by molar-refractivity contribution is -0.139. The smallest absolute Gasteiger partial charge is 0.324 e. The fraction of sp³-hybridized carbons (Fsp3) is 0.412. The van der Waals surface area contributed by atoms with Gasteiger partial charge in [-0.05, 0) is 12.1 Å². The van der Waals surface area contributed by atoms with Crippen LogP contribution < -0.4 is 10.2 Å². The van der Waals surface area contributed by atoms with Crippen molar-refractivity contribution in [1.82, 2.24) is 15.1 Å². The lowest BCUT2D eigenvalue weighted by Crippen LogP contribution is -2.56. The molecule has 0 radical (unpaired) electrons. The SMILES string of the molecule is O=C1NC(=O)N2CCN(C(=O)C3CC(=O)N(c4ccc(F)cc4F)C3)CC12. The number of imide groups is 1. The Bertz CT molecular complexity index is 861. The summed E-state index contributed by atoms with van der Waals surface area (Å²) in [5.41, 5.74) is -0.0673. The molecule has 4 rings (SSSR count). The molecular formula is C17H16F2N4O4. The molecule has 3 fully saturated rings. The van der Waals surface area contributed by atoms with Gasteiger partial charge in [0.2, 0.25) is 11.8 Å². The van der Waals surface area contributed by atoms with E-state index in [1.807, 2.05) is 0 Å². The summed E-state index contributed by atoms with van der Waals surface area (Å²) in [4.78, 5) is 52.5. The molecule has 1 N–H and O–H groups in total. The lowest BCUT2D eigenvalue weighted by Gasteiger charge is -2.36. The second-order valence-corrected chi connectivity index (χ2v) is 6.79. The van der Waals surface area contributed by atoms with Crippen molar-refractivity contribution >= 4 is 29.4 Å². The highest BCUT2D eigenvalue weighted by Gasteiger charge is 2.45. The van der Waals surface area contributed by atoms with E-state index in [0.717, 1.165) is 11.0 Å². The number of rotatable bonds is 2. The number of hydrogen-bond acceptors (Lipinski definition) is 4. The molecule has 3 heterocycles. The number of fused-ring (bicyclic) bond motifs is 1. The Kier molecular flexibility index (Phi) is 4.05. The highest BCUT2D eigenvalue weighted by Crippen LogP contribution is 2.29. The molecule has 8 nitrogen and oxygen atoms in total. The van der Waals surface area contributed by atoms with Gasteiger partial charge in [0.15, 0.2) is 0 Å². The molecule has 10 heteroatoms. The Morgan fingerprint density at radius 1 is 1.11 bits per heavy atom. The van der Waals surface area contributed by atoms with Crippen LogP contribution in [0.2, 0.25) is 0 Å². The van der Waals surface area contributed by atoms with Crippen LogP contribution >= 0.6 is 0 Å². The molecule has 3 saturated heterocycles. The first-order valence-corrected chi connectivity index (χ1v) is 8.51. The van der Waals surface area contributed by atoms with Crippen molar-refractivity contribution in [2.75, 3.05) is 31.1 Å². The third-order valence-electron chi connectivity index (χ3n) is 5.16. The number of hydrogen-bond donors (Lipinski definition) is 1. The maximum absolute atomic E-state index is 14.0. The summed E-state index contributed by atoms with van der Waals surface area (Å²) in [5.74, 6) is -3.50. The van der Waals surface area contributed by atoms with E-state index in [4.69, 9.17) is 0 Å². The number of benzene rings is 1. The molecule has 5 amide bonds. The Balaban J connectivity index is 1.47. The van der Waals surface area contributed by atoms with Crippen LogP contribution in [0.1, 0.15) is 6.42 Å². The summed E-state index contributed by atoms with van der Waals surface area (Å²) in [6.45, 7) is 0.527. The largest absolute Gasteiger partial charge is 0.338 e. The fourth-order valence-electron chi connectivity index (χ4n) is 3.78. The number of nitrogens with zero attached hydrogens (tertiary/aromatic N) is 3. The van der Waals surface area contributed by atoms with Crippen LogP contribution in [0, 0.1) is 17.6 Å². The van der Waals surface area contributed by atoms with Crippen molar-refractivity contribution < 1.29 is 28.0 Å². The van der Waals surface area contributed by atoms with Crippen LogP contribution in [-0.2, 0) is 14.4 Å². The molecule has 0 bridgehead atoms. The molecular weight excluding hydrogens is 362 g/mol. The van der Waals surface area contributed by atoms with E-state index >= 15 is 0 Å². The van der Waals surface area contributed by atoms with E-state index in [1.54, 1.807) is 0 Å². The summed E-state index contributed by atoms with van der Waals surface area (Å²) in [7, 11) is 0. The first-order chi connectivity index (χ1) is 12.8. The van der Waals surface area contributed by atoms with Crippen LogP contribution in [0.5, 0.6) is 0 Å². The van der Waals surface area contributed by atoms with Gasteiger partial charge in [-0.3, -0.25) is 19.7 Å². The standard InChI is InChI=1S/C17H16F2N4O4/c18-10-1-2-12(11(19)6-10)23-7-9(5-14(23)24)16(26)21-3-4-22-13(8-21)15(25)20-17(22)27/h1-2,6,9,13H,3-5,7-8H2,(H,20,25,27). The van der Waals surface area contributed by atoms with Crippen LogP contribution in [0.3, 0.4) is 0 Å². The minimum atomic E-state index is -0.869. The van der Waals surface area contributed by atoms with Gasteiger partial charge in [0.1, 0.15) is 17.7 Å². The van der Waals surface area contributed by atoms with Crippen LogP contribution in [-0.4, -0.2) is 65.8 Å². The number of urea groups is 1. The van der Waals surface area contributed by atoms with E-state index in [9.17, 15) is 28.0 Å². The summed E-state index contributed by atoms with van der Waals surface area (Å²) >= 11 is 0. The third-order valence-corrected chi connectivity index (χ3v) is 5.16. The molecule has 0 saturated carbocycles. The predicted octanol–water partition coefficient (Wildman–Crippen LogP) is 0.0803. The van der Waals surface area contributed by atoms with Crippen molar-refractivity contribution in [2.45, 2.75) is 12.5 Å². The molecule has 2 atom stereocenters. The molecule has 1 aromatic rings. The van der Waals surface area contributed by atoms with Crippen molar-refractivity contribution in [1.29, 1.82) is 0 Å². The molecule has 3 aliphatic heterocycles. The fourth-order valence-corrected chi connectivity index (χ4v) is 3.78. The lowest BCUT2D eigenvalue weighted by atomic mass is 10.1. The van der Waals surface area contributed by atoms with Crippen LogP contribution in [0.4, 0.5) is 19.3 Å². The normalized spacial score (nSPS) is 25.1. The highest BCUT2D eigenvalue weighted by molar-refractivity contribution is 6.05. The second-order valence-electron chi connectivity index (χ2n) is 6.79. The Morgan fingerprint density at radius 3 is 2.63 bits per heavy atom. The molecule has 0 aromatic heterocycles. The first kappa shape index (κ1) is 17.4. The Labute approximate surface area is 152 Å². The van der Waals surface area contributed by atoms with Crippen LogP contribution in [0.15, 0.2) is 18.2 Å². The summed E-state index contributed by atoms with van der Waals surface area (Å²) in [6.07, 6.45) is -0.0916. The van der Waals surface area contributed by atoms with Crippen molar-refractivity contribution in [3.8, 4) is 0 Å².